The highest BCUT2D eigenvalue weighted by Crippen LogP contribution is 2.43. The Hall–Kier alpha value is -3.16. The van der Waals surface area contributed by atoms with Crippen molar-refractivity contribution in [2.24, 2.45) is 0 Å². The highest BCUT2D eigenvalue weighted by Gasteiger charge is 2.22. The molecule has 7 heteroatoms. The Labute approximate surface area is 185 Å². The van der Waals surface area contributed by atoms with Gasteiger partial charge in [0.1, 0.15) is 16.4 Å². The molecular weight excluding hydrogens is 430 g/mol. The van der Waals surface area contributed by atoms with Crippen LogP contribution in [-0.4, -0.2) is 20.6 Å². The quantitative estimate of drug-likeness (QED) is 0.362. The average Bonchev–Trinajstić information content (AvgIpc) is 2.77. The molecule has 0 aromatic heterocycles. The number of fused-ring (bicyclic) bond motifs is 1. The predicted octanol–water partition coefficient (Wildman–Crippen LogP) is 5.81. The van der Waals surface area contributed by atoms with Gasteiger partial charge < -0.3 is 9.84 Å². The number of benzene rings is 4. The fraction of sp³-hybridized carbons (Fsp3) is 0.0833. The second-order valence-electron chi connectivity index (χ2n) is 6.99. The van der Waals surface area contributed by atoms with Gasteiger partial charge in [0, 0.05) is 15.7 Å². The molecule has 0 aliphatic heterocycles. The van der Waals surface area contributed by atoms with Crippen molar-refractivity contribution in [1.29, 1.82) is 0 Å². The molecule has 0 bridgehead atoms. The summed E-state index contributed by atoms with van der Waals surface area (Å²) in [6.45, 7) is 1.82. The molecule has 0 unspecified atom stereocenters. The van der Waals surface area contributed by atoms with Gasteiger partial charge in [-0.1, -0.05) is 60.3 Å². The van der Waals surface area contributed by atoms with Crippen LogP contribution in [0.1, 0.15) is 5.56 Å². The predicted molar refractivity (Wildman–Crippen MR) is 125 cm³/mol. The number of anilines is 1. The summed E-state index contributed by atoms with van der Waals surface area (Å²) in [6, 6.07) is 23.4. The molecule has 5 nitrogen and oxygen atoms in total. The number of hydrogen-bond donors (Lipinski definition) is 2. The van der Waals surface area contributed by atoms with E-state index in [1.807, 2.05) is 37.3 Å². The lowest BCUT2D eigenvalue weighted by Crippen LogP contribution is -2.14. The number of nitrogens with one attached hydrogen (secondary N) is 1. The maximum absolute atomic E-state index is 13.3. The monoisotopic (exact) mass is 451 g/mol. The minimum atomic E-state index is -3.94. The zero-order chi connectivity index (χ0) is 22.0. The first-order valence-corrected chi connectivity index (χ1v) is 11.8. The van der Waals surface area contributed by atoms with E-state index in [1.165, 1.54) is 18.9 Å². The van der Waals surface area contributed by atoms with E-state index < -0.39 is 10.0 Å². The zero-order valence-electron chi connectivity index (χ0n) is 17.0. The van der Waals surface area contributed by atoms with Crippen LogP contribution >= 0.6 is 11.8 Å². The van der Waals surface area contributed by atoms with Gasteiger partial charge in [-0.15, -0.1) is 0 Å². The van der Waals surface area contributed by atoms with Crippen molar-refractivity contribution in [2.75, 3.05) is 11.8 Å². The molecule has 0 aliphatic rings. The topological polar surface area (TPSA) is 75.6 Å². The number of phenols is 1. The number of aromatic hydroxyl groups is 1. The van der Waals surface area contributed by atoms with Gasteiger partial charge in [-0.2, -0.15) is 0 Å². The van der Waals surface area contributed by atoms with Crippen molar-refractivity contribution < 1.29 is 18.3 Å². The summed E-state index contributed by atoms with van der Waals surface area (Å²) in [7, 11) is -2.50. The number of ether oxygens (including phenoxy) is 1. The molecule has 0 heterocycles. The van der Waals surface area contributed by atoms with E-state index in [2.05, 4.69) is 4.72 Å². The third-order valence-electron chi connectivity index (χ3n) is 4.81. The maximum Gasteiger partial charge on any atom is 0.265 e. The molecule has 0 radical (unpaired) electrons. The Balaban J connectivity index is 1.84. The van der Waals surface area contributed by atoms with Crippen LogP contribution in [0.25, 0.3) is 10.8 Å². The first-order valence-electron chi connectivity index (χ1n) is 9.54. The van der Waals surface area contributed by atoms with Gasteiger partial charge in [-0.25, -0.2) is 8.42 Å². The third kappa shape index (κ3) is 4.33. The second kappa shape index (κ2) is 8.53. The van der Waals surface area contributed by atoms with E-state index in [9.17, 15) is 13.5 Å². The van der Waals surface area contributed by atoms with E-state index in [1.54, 1.807) is 48.5 Å². The summed E-state index contributed by atoms with van der Waals surface area (Å²) in [6.07, 6.45) is 0. The molecule has 0 atom stereocenters. The van der Waals surface area contributed by atoms with Gasteiger partial charge in [-0.3, -0.25) is 4.72 Å². The lowest BCUT2D eigenvalue weighted by Gasteiger charge is -2.16. The van der Waals surface area contributed by atoms with Crippen molar-refractivity contribution in [3.8, 4) is 11.5 Å². The molecule has 0 fully saturated rings. The number of aryl methyl sites for hydroxylation is 1. The Morgan fingerprint density at radius 3 is 2.29 bits per heavy atom. The minimum absolute atomic E-state index is 0.0596. The lowest BCUT2D eigenvalue weighted by atomic mass is 10.1. The van der Waals surface area contributed by atoms with Crippen LogP contribution in [-0.2, 0) is 10.0 Å². The Morgan fingerprint density at radius 2 is 1.58 bits per heavy atom. The second-order valence-corrected chi connectivity index (χ2v) is 9.76. The Morgan fingerprint density at radius 1 is 0.903 bits per heavy atom. The fourth-order valence-electron chi connectivity index (χ4n) is 3.31. The summed E-state index contributed by atoms with van der Waals surface area (Å²) < 4.78 is 34.5. The standard InChI is InChI=1S/C24H21NO4S2/c1-16-12-13-21(29-2)23(14-16)31(27,28)25-20-15-22(30-17-8-4-3-5-9-17)24(26)19-11-7-6-10-18(19)20/h3-15,25-26H,1-2H3. The summed E-state index contributed by atoms with van der Waals surface area (Å²) >= 11 is 1.37. The van der Waals surface area contributed by atoms with Crippen molar-refractivity contribution in [3.05, 3.63) is 84.4 Å². The van der Waals surface area contributed by atoms with Gasteiger partial charge in [-0.05, 0) is 42.8 Å². The van der Waals surface area contributed by atoms with E-state index >= 15 is 0 Å². The van der Waals surface area contributed by atoms with Gasteiger partial charge in [0.15, 0.2) is 0 Å². The van der Waals surface area contributed by atoms with E-state index in [4.69, 9.17) is 4.74 Å². The van der Waals surface area contributed by atoms with Crippen LogP contribution < -0.4 is 9.46 Å². The number of methoxy groups -OCH3 is 1. The van der Waals surface area contributed by atoms with Crippen LogP contribution in [0.15, 0.2) is 93.5 Å². The van der Waals surface area contributed by atoms with Crippen molar-refractivity contribution in [2.45, 2.75) is 21.6 Å². The molecular formula is C24H21NO4S2. The highest BCUT2D eigenvalue weighted by molar-refractivity contribution is 7.99. The normalized spacial score (nSPS) is 11.4. The SMILES string of the molecule is COc1ccc(C)cc1S(=O)(=O)Nc1cc(Sc2ccccc2)c(O)c2ccccc12. The summed E-state index contributed by atoms with van der Waals surface area (Å²) in [5.41, 5.74) is 1.19. The first-order chi connectivity index (χ1) is 14.9. The zero-order valence-corrected chi connectivity index (χ0v) is 18.6. The molecule has 0 amide bonds. The molecule has 4 rings (SSSR count). The molecule has 0 saturated heterocycles. The molecule has 0 aliphatic carbocycles. The summed E-state index contributed by atoms with van der Waals surface area (Å²) in [5.74, 6) is 0.376. The summed E-state index contributed by atoms with van der Waals surface area (Å²) in [4.78, 5) is 1.55. The Bertz CT molecular complexity index is 1350. The fourth-order valence-corrected chi connectivity index (χ4v) is 5.56. The van der Waals surface area contributed by atoms with Gasteiger partial charge in [0.2, 0.25) is 0 Å². The number of sulfonamides is 1. The largest absolute Gasteiger partial charge is 0.506 e. The summed E-state index contributed by atoms with van der Waals surface area (Å²) in [5, 5.41) is 12.0. The van der Waals surface area contributed by atoms with Gasteiger partial charge >= 0.3 is 0 Å². The molecule has 0 spiro atoms. The number of phenolic OH excluding ortho intramolecular Hbond substituents is 1. The number of rotatable bonds is 6. The Kier molecular flexibility index (Phi) is 5.80. The van der Waals surface area contributed by atoms with Crippen molar-refractivity contribution in [3.63, 3.8) is 0 Å². The maximum atomic E-state index is 13.3. The van der Waals surface area contributed by atoms with Crippen LogP contribution in [0.4, 0.5) is 5.69 Å². The third-order valence-corrected chi connectivity index (χ3v) is 7.23. The van der Waals surface area contributed by atoms with Crippen molar-refractivity contribution >= 4 is 38.2 Å². The molecule has 158 valence electrons. The first kappa shape index (κ1) is 21.1. The van der Waals surface area contributed by atoms with E-state index in [0.717, 1.165) is 10.5 Å². The molecule has 0 saturated carbocycles. The highest BCUT2D eigenvalue weighted by atomic mass is 32.2. The van der Waals surface area contributed by atoms with E-state index in [0.29, 0.717) is 21.4 Å². The van der Waals surface area contributed by atoms with Crippen LogP contribution in [0.3, 0.4) is 0 Å². The number of hydrogen-bond acceptors (Lipinski definition) is 5. The molecule has 2 N–H and O–H groups in total. The van der Waals surface area contributed by atoms with Crippen LogP contribution in [0, 0.1) is 6.92 Å². The van der Waals surface area contributed by atoms with Gasteiger partial charge in [0.25, 0.3) is 10.0 Å². The molecule has 4 aromatic carbocycles. The van der Waals surface area contributed by atoms with Crippen LogP contribution in [0.2, 0.25) is 0 Å². The van der Waals surface area contributed by atoms with Gasteiger partial charge in [0.05, 0.1) is 17.7 Å². The lowest BCUT2D eigenvalue weighted by molar-refractivity contribution is 0.402. The average molecular weight is 452 g/mol. The van der Waals surface area contributed by atoms with Crippen molar-refractivity contribution in [1.82, 2.24) is 0 Å². The molecule has 4 aromatic rings. The van der Waals surface area contributed by atoms with Crippen LogP contribution in [0.5, 0.6) is 11.5 Å². The smallest absolute Gasteiger partial charge is 0.265 e. The minimum Gasteiger partial charge on any atom is -0.506 e. The molecule has 31 heavy (non-hydrogen) atoms. The van der Waals surface area contributed by atoms with E-state index in [-0.39, 0.29) is 16.4 Å².